The molecule has 0 N–H and O–H groups in total. The third-order valence-electron chi connectivity index (χ3n) is 7.00. The Morgan fingerprint density at radius 1 is 0.609 bits per heavy atom. The van der Waals surface area contributed by atoms with E-state index in [9.17, 15) is 36.1 Å². The van der Waals surface area contributed by atoms with Gasteiger partial charge in [0.2, 0.25) is 13.2 Å². The fourth-order valence-electron chi connectivity index (χ4n) is 4.53. The summed E-state index contributed by atoms with van der Waals surface area (Å²) in [7, 11) is -4.43. The summed E-state index contributed by atoms with van der Waals surface area (Å²) in [5.74, 6) is -14.0. The van der Waals surface area contributed by atoms with Crippen LogP contribution in [0.2, 0.25) is 0 Å². The molecule has 4 aromatic carbocycles. The minimum Gasteiger partial charge on any atom is -0.461 e. The molecule has 4 rings (SSSR count). The van der Waals surface area contributed by atoms with Gasteiger partial charge in [-0.3, -0.25) is 14.2 Å². The van der Waals surface area contributed by atoms with Gasteiger partial charge in [-0.2, -0.15) is 0 Å². The first-order valence-electron chi connectivity index (χ1n) is 14.2. The topological polar surface area (TPSA) is 78.9 Å². The van der Waals surface area contributed by atoms with Crippen molar-refractivity contribution in [3.05, 3.63) is 142 Å². The second kappa shape index (κ2) is 16.3. The van der Waals surface area contributed by atoms with Gasteiger partial charge < -0.3 is 14.0 Å². The number of ether oxygens (including phenoxy) is 2. The highest BCUT2D eigenvalue weighted by Crippen LogP contribution is 2.54. The van der Waals surface area contributed by atoms with Gasteiger partial charge >= 0.3 is 11.9 Å². The van der Waals surface area contributed by atoms with E-state index in [2.05, 4.69) is 0 Å². The molecule has 0 aliphatic heterocycles. The van der Waals surface area contributed by atoms with E-state index in [0.717, 1.165) is 5.56 Å². The molecule has 0 bridgehead atoms. The largest absolute Gasteiger partial charge is 0.461 e. The van der Waals surface area contributed by atoms with Crippen LogP contribution in [-0.2, 0) is 54.1 Å². The van der Waals surface area contributed by atoms with Crippen molar-refractivity contribution in [2.75, 3.05) is 6.16 Å². The van der Waals surface area contributed by atoms with E-state index in [1.807, 2.05) is 0 Å². The molecule has 0 radical (unpaired) electrons. The number of rotatable bonds is 15. The zero-order valence-corrected chi connectivity index (χ0v) is 25.4. The van der Waals surface area contributed by atoms with Gasteiger partial charge in [-0.25, -0.2) is 22.0 Å². The summed E-state index contributed by atoms with van der Waals surface area (Å²) in [5, 5.41) is 0. The fraction of sp³-hybridized carbons (Fsp3) is 0.235. The average molecular weight is 661 g/mol. The molecule has 0 spiro atoms. The second-order valence-electron chi connectivity index (χ2n) is 10.4. The van der Waals surface area contributed by atoms with Crippen LogP contribution in [0.1, 0.15) is 35.1 Å². The van der Waals surface area contributed by atoms with Crippen molar-refractivity contribution in [3.8, 4) is 0 Å². The van der Waals surface area contributed by atoms with Gasteiger partial charge in [0.25, 0.3) is 0 Å². The van der Waals surface area contributed by atoms with E-state index >= 15 is 0 Å². The number of halogens is 5. The zero-order valence-electron chi connectivity index (χ0n) is 24.5. The van der Waals surface area contributed by atoms with Crippen LogP contribution in [0.3, 0.4) is 0 Å². The van der Waals surface area contributed by atoms with Crippen LogP contribution in [0.4, 0.5) is 22.0 Å². The van der Waals surface area contributed by atoms with Gasteiger partial charge in [0, 0.05) is 18.1 Å². The van der Waals surface area contributed by atoms with Crippen LogP contribution in [0.5, 0.6) is 0 Å². The lowest BCUT2D eigenvalue weighted by Gasteiger charge is -2.24. The van der Waals surface area contributed by atoms with Crippen molar-refractivity contribution in [2.24, 2.45) is 5.92 Å². The number of esters is 2. The minimum absolute atomic E-state index is 0.0400. The Morgan fingerprint density at radius 2 is 1.04 bits per heavy atom. The number of benzene rings is 4. The van der Waals surface area contributed by atoms with Crippen molar-refractivity contribution in [3.63, 3.8) is 0 Å². The van der Waals surface area contributed by atoms with Crippen LogP contribution in [0.15, 0.2) is 91.0 Å². The minimum atomic E-state index is -4.43. The Bertz CT molecular complexity index is 1640. The molecular formula is C34H30F5O6P. The zero-order chi connectivity index (χ0) is 33.1. The van der Waals surface area contributed by atoms with Crippen molar-refractivity contribution in [2.45, 2.75) is 38.8 Å². The predicted molar refractivity (Wildman–Crippen MR) is 159 cm³/mol. The number of hydrogen-bond donors (Lipinski definition) is 0. The van der Waals surface area contributed by atoms with Crippen LogP contribution in [0.25, 0.3) is 0 Å². The number of hydrogen-bond acceptors (Lipinski definition) is 6. The average Bonchev–Trinajstić information content (AvgIpc) is 3.09. The summed E-state index contributed by atoms with van der Waals surface area (Å²) in [5.41, 5.74) is 0.498. The van der Waals surface area contributed by atoms with Crippen LogP contribution < -0.4 is 0 Å². The Hall–Kier alpha value is -4.34. The highest BCUT2D eigenvalue weighted by molar-refractivity contribution is 7.58. The van der Waals surface area contributed by atoms with Crippen molar-refractivity contribution in [1.29, 1.82) is 0 Å². The SMILES string of the molecule is O=C(CCC(CP(=O)(Cc1c(F)c(F)c(F)c(F)c1F)OCc1ccccc1)C(=O)OCc1ccccc1)OCc1ccccc1. The molecule has 46 heavy (non-hydrogen) atoms. The fourth-order valence-corrected chi connectivity index (χ4v) is 7.00. The Balaban J connectivity index is 1.59. The van der Waals surface area contributed by atoms with E-state index in [-0.39, 0.29) is 32.7 Å². The molecule has 0 aromatic heterocycles. The summed E-state index contributed by atoms with van der Waals surface area (Å²) in [6.07, 6.45) is -2.54. The van der Waals surface area contributed by atoms with Gasteiger partial charge in [-0.05, 0) is 23.1 Å². The van der Waals surface area contributed by atoms with Crippen molar-refractivity contribution < 1.29 is 50.1 Å². The maximum absolute atomic E-state index is 14.7. The monoisotopic (exact) mass is 660 g/mol. The van der Waals surface area contributed by atoms with Crippen molar-refractivity contribution >= 4 is 19.3 Å². The molecule has 6 nitrogen and oxygen atoms in total. The molecule has 0 aliphatic rings. The molecule has 12 heteroatoms. The normalized spacial score (nSPS) is 13.1. The molecule has 242 valence electrons. The van der Waals surface area contributed by atoms with E-state index in [4.69, 9.17) is 14.0 Å². The Kier molecular flexibility index (Phi) is 12.2. The molecule has 0 saturated carbocycles. The van der Waals surface area contributed by atoms with E-state index < -0.39 is 72.2 Å². The maximum atomic E-state index is 14.7. The van der Waals surface area contributed by atoms with E-state index in [0.29, 0.717) is 11.1 Å². The first kappa shape index (κ1) is 34.5. The molecule has 0 fully saturated rings. The first-order chi connectivity index (χ1) is 22.1. The lowest BCUT2D eigenvalue weighted by atomic mass is 10.1. The second-order valence-corrected chi connectivity index (χ2v) is 13.0. The first-order valence-corrected chi connectivity index (χ1v) is 16.2. The summed E-state index contributed by atoms with van der Waals surface area (Å²) >= 11 is 0. The summed E-state index contributed by atoms with van der Waals surface area (Å²) < 4.78 is 102. The highest BCUT2D eigenvalue weighted by Gasteiger charge is 2.37. The van der Waals surface area contributed by atoms with Gasteiger partial charge in [-0.15, -0.1) is 0 Å². The summed E-state index contributed by atoms with van der Waals surface area (Å²) in [6, 6.07) is 25.6. The number of carbonyl (C=O) groups is 2. The molecule has 0 amide bonds. The quantitative estimate of drug-likeness (QED) is 0.0420. The Labute approximate surface area is 262 Å². The van der Waals surface area contributed by atoms with E-state index in [1.54, 1.807) is 91.0 Å². The van der Waals surface area contributed by atoms with Crippen LogP contribution in [-0.4, -0.2) is 18.1 Å². The molecule has 2 atom stereocenters. The highest BCUT2D eigenvalue weighted by atomic mass is 31.2. The van der Waals surface area contributed by atoms with E-state index in [1.165, 1.54) is 0 Å². The van der Waals surface area contributed by atoms with Gasteiger partial charge in [0.15, 0.2) is 23.3 Å². The number of carbonyl (C=O) groups excluding carboxylic acids is 2. The van der Waals surface area contributed by atoms with Crippen molar-refractivity contribution in [1.82, 2.24) is 0 Å². The van der Waals surface area contributed by atoms with Crippen LogP contribution in [0, 0.1) is 35.0 Å². The lowest BCUT2D eigenvalue weighted by Crippen LogP contribution is -2.24. The molecule has 0 aliphatic carbocycles. The lowest BCUT2D eigenvalue weighted by molar-refractivity contribution is -0.150. The third-order valence-corrected chi connectivity index (χ3v) is 9.40. The van der Waals surface area contributed by atoms with Gasteiger partial charge in [-0.1, -0.05) is 91.0 Å². The van der Waals surface area contributed by atoms with Crippen LogP contribution >= 0.6 is 7.37 Å². The third kappa shape index (κ3) is 9.58. The molecule has 0 saturated heterocycles. The predicted octanol–water partition coefficient (Wildman–Crippen LogP) is 8.26. The van der Waals surface area contributed by atoms with Gasteiger partial charge in [0.1, 0.15) is 13.2 Å². The molecule has 0 heterocycles. The summed E-state index contributed by atoms with van der Waals surface area (Å²) in [4.78, 5) is 25.9. The molecule has 2 unspecified atom stereocenters. The Morgan fingerprint density at radius 3 is 1.54 bits per heavy atom. The summed E-state index contributed by atoms with van der Waals surface area (Å²) in [6.45, 7) is -0.582. The molecular weight excluding hydrogens is 630 g/mol. The molecule has 4 aromatic rings. The maximum Gasteiger partial charge on any atom is 0.309 e. The smallest absolute Gasteiger partial charge is 0.309 e. The standard InChI is InChI=1S/C34H30F5O6P/c35-29-27(30(36)32(38)33(39)31(29)37)22-46(42,45-20-25-14-8-3-9-15-25)21-26(34(41)44-19-24-12-6-2-7-13-24)16-17-28(40)43-18-23-10-4-1-5-11-23/h1-15,26H,16-22H2. The van der Waals surface area contributed by atoms with Gasteiger partial charge in [0.05, 0.1) is 18.7 Å².